The molecule has 6 heteroatoms. The van der Waals surface area contributed by atoms with Crippen molar-refractivity contribution < 1.29 is 9.53 Å². The highest BCUT2D eigenvalue weighted by Gasteiger charge is 2.23. The van der Waals surface area contributed by atoms with Crippen molar-refractivity contribution in [3.63, 3.8) is 0 Å². The average Bonchev–Trinajstić information content (AvgIpc) is 2.86. The number of rotatable bonds is 4. The molecule has 0 saturated carbocycles. The van der Waals surface area contributed by atoms with Crippen molar-refractivity contribution in [3.8, 4) is 5.75 Å². The molecular formula is C17H21N3O3. The van der Waals surface area contributed by atoms with Crippen LogP contribution in [0.5, 0.6) is 5.75 Å². The summed E-state index contributed by atoms with van der Waals surface area (Å²) in [5.74, 6) is 0.706. The summed E-state index contributed by atoms with van der Waals surface area (Å²) in [5, 5.41) is 8.30. The molecule has 1 aromatic carbocycles. The first kappa shape index (κ1) is 15.4. The lowest BCUT2D eigenvalue weighted by Crippen LogP contribution is -2.33. The maximum absolute atomic E-state index is 12.3. The van der Waals surface area contributed by atoms with E-state index in [1.54, 1.807) is 14.0 Å². The molecule has 1 aromatic heterocycles. The first-order valence-corrected chi connectivity index (χ1v) is 7.80. The number of H-pyrrole nitrogens is 2. The fourth-order valence-corrected chi connectivity index (χ4v) is 3.16. The van der Waals surface area contributed by atoms with Crippen LogP contribution < -0.4 is 15.6 Å². The molecule has 6 nitrogen and oxygen atoms in total. The lowest BCUT2D eigenvalue weighted by molar-refractivity contribution is -0.121. The molecule has 0 radical (unpaired) electrons. The first-order valence-electron chi connectivity index (χ1n) is 7.80. The molecule has 1 heterocycles. The van der Waals surface area contributed by atoms with Crippen LogP contribution in [0.2, 0.25) is 0 Å². The van der Waals surface area contributed by atoms with Gasteiger partial charge in [-0.1, -0.05) is 6.07 Å². The molecule has 3 rings (SSSR count). The van der Waals surface area contributed by atoms with Crippen molar-refractivity contribution in [1.82, 2.24) is 15.5 Å². The van der Waals surface area contributed by atoms with Crippen molar-refractivity contribution in [2.24, 2.45) is 0 Å². The van der Waals surface area contributed by atoms with E-state index >= 15 is 0 Å². The van der Waals surface area contributed by atoms with E-state index in [0.717, 1.165) is 30.6 Å². The summed E-state index contributed by atoms with van der Waals surface area (Å²) in [4.78, 5) is 24.0. The minimum atomic E-state index is -0.230. The quantitative estimate of drug-likeness (QED) is 0.803. The van der Waals surface area contributed by atoms with Gasteiger partial charge in [-0.25, -0.2) is 0 Å². The molecule has 1 amide bonds. The van der Waals surface area contributed by atoms with Gasteiger partial charge in [-0.3, -0.25) is 14.7 Å². The smallest absolute Gasteiger partial charge is 0.267 e. The number of nitrogens with one attached hydrogen (secondary N) is 3. The number of benzene rings is 1. The van der Waals surface area contributed by atoms with Crippen molar-refractivity contribution >= 4 is 5.91 Å². The number of hydrogen-bond donors (Lipinski definition) is 3. The SMILES string of the molecule is COc1ccc2c(c1)CCC[C@@H]2NC(=O)Cc1c(C)[nH][nH]c1=O. The fraction of sp³-hybridized carbons (Fsp3) is 0.412. The topological polar surface area (TPSA) is 87.0 Å². The minimum absolute atomic E-state index is 0.00418. The normalized spacial score (nSPS) is 16.7. The monoisotopic (exact) mass is 315 g/mol. The Kier molecular flexibility index (Phi) is 4.23. The number of amides is 1. The lowest BCUT2D eigenvalue weighted by Gasteiger charge is -2.26. The highest BCUT2D eigenvalue weighted by Crippen LogP contribution is 2.32. The number of aromatic nitrogens is 2. The van der Waals surface area contributed by atoms with Gasteiger partial charge < -0.3 is 15.2 Å². The van der Waals surface area contributed by atoms with Gasteiger partial charge in [0.2, 0.25) is 5.91 Å². The second-order valence-electron chi connectivity index (χ2n) is 5.94. The van der Waals surface area contributed by atoms with Gasteiger partial charge in [-0.05, 0) is 49.4 Å². The number of hydrogen-bond acceptors (Lipinski definition) is 3. The number of carbonyl (C=O) groups excluding carboxylic acids is 1. The van der Waals surface area contributed by atoms with E-state index in [9.17, 15) is 9.59 Å². The number of methoxy groups -OCH3 is 1. The van der Waals surface area contributed by atoms with Crippen molar-refractivity contribution in [2.45, 2.75) is 38.6 Å². The fourth-order valence-electron chi connectivity index (χ4n) is 3.16. The Bertz CT molecular complexity index is 776. The molecule has 2 aromatic rings. The number of carbonyl (C=O) groups is 1. The van der Waals surface area contributed by atoms with Crippen LogP contribution in [0, 0.1) is 6.92 Å². The van der Waals surface area contributed by atoms with Gasteiger partial charge in [-0.15, -0.1) is 0 Å². The summed E-state index contributed by atoms with van der Waals surface area (Å²) >= 11 is 0. The second kappa shape index (κ2) is 6.32. The Morgan fingerprint density at radius 2 is 2.22 bits per heavy atom. The summed E-state index contributed by atoms with van der Waals surface area (Å²) in [6.07, 6.45) is 3.02. The lowest BCUT2D eigenvalue weighted by atomic mass is 9.87. The Hall–Kier alpha value is -2.50. The molecule has 0 unspecified atom stereocenters. The Morgan fingerprint density at radius 1 is 1.39 bits per heavy atom. The summed E-state index contributed by atoms with van der Waals surface area (Å²) in [6, 6.07) is 5.97. The molecule has 1 aliphatic carbocycles. The summed E-state index contributed by atoms with van der Waals surface area (Å²) < 4.78 is 5.26. The van der Waals surface area contributed by atoms with Gasteiger partial charge in [-0.2, -0.15) is 0 Å². The predicted molar refractivity (Wildman–Crippen MR) is 86.7 cm³/mol. The number of ether oxygens (including phenoxy) is 1. The van der Waals surface area contributed by atoms with Crippen LogP contribution in [-0.2, 0) is 17.6 Å². The van der Waals surface area contributed by atoms with E-state index in [1.807, 2.05) is 18.2 Å². The second-order valence-corrected chi connectivity index (χ2v) is 5.94. The molecule has 0 aliphatic heterocycles. The maximum atomic E-state index is 12.3. The highest BCUT2D eigenvalue weighted by atomic mass is 16.5. The zero-order valence-electron chi connectivity index (χ0n) is 13.4. The Balaban J connectivity index is 1.74. The van der Waals surface area contributed by atoms with Crippen LogP contribution in [0.4, 0.5) is 0 Å². The third-order valence-electron chi connectivity index (χ3n) is 4.43. The first-order chi connectivity index (χ1) is 11.1. The van der Waals surface area contributed by atoms with E-state index in [0.29, 0.717) is 11.3 Å². The third-order valence-corrected chi connectivity index (χ3v) is 4.43. The van der Waals surface area contributed by atoms with Gasteiger partial charge in [0, 0.05) is 11.3 Å². The van der Waals surface area contributed by atoms with Crippen molar-refractivity contribution in [1.29, 1.82) is 0 Å². The molecule has 0 spiro atoms. The molecule has 1 atom stereocenters. The van der Waals surface area contributed by atoms with E-state index in [4.69, 9.17) is 4.74 Å². The predicted octanol–water partition coefficient (Wildman–Crippen LogP) is 1.76. The van der Waals surface area contributed by atoms with Crippen LogP contribution in [0.25, 0.3) is 0 Å². The molecule has 122 valence electrons. The van der Waals surface area contributed by atoms with Gasteiger partial charge in [0.05, 0.1) is 19.6 Å². The van der Waals surface area contributed by atoms with Gasteiger partial charge in [0.25, 0.3) is 5.56 Å². The number of aromatic amines is 2. The average molecular weight is 315 g/mol. The number of aryl methyl sites for hydroxylation is 2. The zero-order valence-corrected chi connectivity index (χ0v) is 13.4. The molecule has 23 heavy (non-hydrogen) atoms. The minimum Gasteiger partial charge on any atom is -0.497 e. The van der Waals surface area contributed by atoms with Crippen LogP contribution in [-0.4, -0.2) is 23.2 Å². The molecule has 1 aliphatic rings. The maximum Gasteiger partial charge on any atom is 0.267 e. The van der Waals surface area contributed by atoms with Crippen LogP contribution >= 0.6 is 0 Å². The Labute approximate surface area is 134 Å². The third kappa shape index (κ3) is 3.16. The Morgan fingerprint density at radius 3 is 2.91 bits per heavy atom. The zero-order chi connectivity index (χ0) is 16.4. The van der Waals surface area contributed by atoms with E-state index in [1.165, 1.54) is 5.56 Å². The summed E-state index contributed by atoms with van der Waals surface area (Å²) in [6.45, 7) is 1.78. The van der Waals surface area contributed by atoms with Crippen LogP contribution in [0.1, 0.15) is 41.3 Å². The standard InChI is InChI=1S/C17H21N3O3/c1-10-14(17(22)20-19-10)9-16(21)18-15-5-3-4-11-8-12(23-2)6-7-13(11)15/h6-8,15H,3-5,9H2,1-2H3,(H,18,21)(H2,19,20,22)/t15-/m0/s1. The molecular weight excluding hydrogens is 294 g/mol. The van der Waals surface area contributed by atoms with Gasteiger partial charge >= 0.3 is 0 Å². The number of fused-ring (bicyclic) bond motifs is 1. The van der Waals surface area contributed by atoms with Crippen LogP contribution in [0.15, 0.2) is 23.0 Å². The van der Waals surface area contributed by atoms with E-state index < -0.39 is 0 Å². The van der Waals surface area contributed by atoms with Crippen molar-refractivity contribution in [2.75, 3.05) is 7.11 Å². The van der Waals surface area contributed by atoms with Gasteiger partial charge in [0.15, 0.2) is 0 Å². The van der Waals surface area contributed by atoms with E-state index in [2.05, 4.69) is 15.5 Å². The summed E-state index contributed by atoms with van der Waals surface area (Å²) in [5.41, 5.74) is 3.33. The molecule has 0 bridgehead atoms. The van der Waals surface area contributed by atoms with E-state index in [-0.39, 0.29) is 23.9 Å². The van der Waals surface area contributed by atoms with Crippen molar-refractivity contribution in [3.05, 3.63) is 50.9 Å². The van der Waals surface area contributed by atoms with Gasteiger partial charge in [0.1, 0.15) is 5.75 Å². The molecule has 3 N–H and O–H groups in total. The van der Waals surface area contributed by atoms with Crippen LogP contribution in [0.3, 0.4) is 0 Å². The molecule has 0 fully saturated rings. The largest absolute Gasteiger partial charge is 0.497 e. The highest BCUT2D eigenvalue weighted by molar-refractivity contribution is 5.79. The summed E-state index contributed by atoms with van der Waals surface area (Å²) in [7, 11) is 1.65. The molecule has 0 saturated heterocycles.